The van der Waals surface area contributed by atoms with E-state index in [0.29, 0.717) is 6.54 Å². The fourth-order valence-corrected chi connectivity index (χ4v) is 3.01. The van der Waals surface area contributed by atoms with E-state index in [-0.39, 0.29) is 5.78 Å². The maximum absolute atomic E-state index is 11.2. The van der Waals surface area contributed by atoms with Crippen LogP contribution in [0.25, 0.3) is 16.5 Å². The van der Waals surface area contributed by atoms with Crippen LogP contribution in [-0.4, -0.2) is 34.9 Å². The van der Waals surface area contributed by atoms with E-state index in [1.807, 2.05) is 0 Å². The number of benzene rings is 1. The molecule has 20 heavy (non-hydrogen) atoms. The van der Waals surface area contributed by atoms with E-state index in [0.717, 1.165) is 19.5 Å². The van der Waals surface area contributed by atoms with Crippen molar-refractivity contribution in [1.82, 2.24) is 9.47 Å². The number of fused-ring (bicyclic) bond motifs is 1. The average molecular weight is 268 g/mol. The van der Waals surface area contributed by atoms with Gasteiger partial charge in [0.2, 0.25) is 0 Å². The zero-order chi connectivity index (χ0) is 14.1. The lowest BCUT2D eigenvalue weighted by Crippen LogP contribution is -2.32. The van der Waals surface area contributed by atoms with Gasteiger partial charge in [0.25, 0.3) is 0 Å². The van der Waals surface area contributed by atoms with Crippen molar-refractivity contribution >= 4 is 22.3 Å². The van der Waals surface area contributed by atoms with Gasteiger partial charge in [0.05, 0.1) is 6.54 Å². The molecule has 0 unspecified atom stereocenters. The van der Waals surface area contributed by atoms with E-state index < -0.39 is 0 Å². The van der Waals surface area contributed by atoms with Crippen molar-refractivity contribution in [3.63, 3.8) is 0 Å². The van der Waals surface area contributed by atoms with Crippen molar-refractivity contribution in [2.45, 2.75) is 13.3 Å². The topological polar surface area (TPSA) is 25.2 Å². The van der Waals surface area contributed by atoms with E-state index in [4.69, 9.17) is 0 Å². The normalized spacial score (nSPS) is 16.4. The minimum Gasteiger partial charge on any atom is -0.350 e. The Balaban J connectivity index is 1.89. The van der Waals surface area contributed by atoms with E-state index in [1.54, 1.807) is 6.92 Å². The summed E-state index contributed by atoms with van der Waals surface area (Å²) in [7, 11) is 2.09. The van der Waals surface area contributed by atoms with Gasteiger partial charge in [-0.2, -0.15) is 0 Å². The first kappa shape index (κ1) is 13.1. The molecule has 1 aliphatic heterocycles. The molecule has 1 aliphatic rings. The Morgan fingerprint density at radius 3 is 2.80 bits per heavy atom. The lowest BCUT2D eigenvalue weighted by atomic mass is 9.99. The van der Waals surface area contributed by atoms with E-state index in [1.165, 1.54) is 22.0 Å². The van der Waals surface area contributed by atoms with Crippen LogP contribution < -0.4 is 0 Å². The van der Waals surface area contributed by atoms with Gasteiger partial charge in [0.1, 0.15) is 5.78 Å². The summed E-state index contributed by atoms with van der Waals surface area (Å²) in [6.45, 7) is 4.07. The van der Waals surface area contributed by atoms with Gasteiger partial charge >= 0.3 is 0 Å². The molecule has 2 aromatic rings. The molecule has 0 radical (unpaired) electrons. The third-order valence-electron chi connectivity index (χ3n) is 3.98. The zero-order valence-electron chi connectivity index (χ0n) is 12.1. The summed E-state index contributed by atoms with van der Waals surface area (Å²) in [4.78, 5) is 13.4. The molecule has 0 fully saturated rings. The van der Waals surface area contributed by atoms with Gasteiger partial charge < -0.3 is 4.57 Å². The maximum atomic E-state index is 11.2. The number of ketones is 1. The van der Waals surface area contributed by atoms with Crippen LogP contribution in [0.15, 0.2) is 36.5 Å². The highest BCUT2D eigenvalue weighted by Gasteiger charge is 2.16. The standard InChI is InChI=1S/C17H20N2O/c1-13(20)11-19-9-7-14(8-10-19)16-12-18(2)17-6-4-3-5-15(16)17/h3-7,12H,8-11H2,1-2H3. The summed E-state index contributed by atoms with van der Waals surface area (Å²) in [6, 6.07) is 8.52. The molecule has 0 bridgehead atoms. The summed E-state index contributed by atoms with van der Waals surface area (Å²) in [5, 5.41) is 1.32. The monoisotopic (exact) mass is 268 g/mol. The van der Waals surface area contributed by atoms with Crippen LogP contribution in [0.4, 0.5) is 0 Å². The number of aryl methyl sites for hydroxylation is 1. The van der Waals surface area contributed by atoms with Gasteiger partial charge in [0.15, 0.2) is 0 Å². The number of aromatic nitrogens is 1. The van der Waals surface area contributed by atoms with Crippen molar-refractivity contribution in [1.29, 1.82) is 0 Å². The van der Waals surface area contributed by atoms with Crippen LogP contribution >= 0.6 is 0 Å². The number of carbonyl (C=O) groups is 1. The molecule has 1 aromatic heterocycles. The summed E-state index contributed by atoms with van der Waals surface area (Å²) >= 11 is 0. The summed E-state index contributed by atoms with van der Waals surface area (Å²) < 4.78 is 2.19. The van der Waals surface area contributed by atoms with Crippen LogP contribution in [0.1, 0.15) is 18.9 Å². The van der Waals surface area contributed by atoms with Gasteiger partial charge in [0, 0.05) is 42.8 Å². The van der Waals surface area contributed by atoms with Crippen molar-refractivity contribution in [3.05, 3.63) is 42.1 Å². The fourth-order valence-electron chi connectivity index (χ4n) is 3.01. The first-order valence-corrected chi connectivity index (χ1v) is 7.10. The number of carbonyl (C=O) groups excluding carboxylic acids is 1. The number of rotatable bonds is 3. The molecule has 0 amide bonds. The zero-order valence-corrected chi connectivity index (χ0v) is 12.1. The van der Waals surface area contributed by atoms with E-state index >= 15 is 0 Å². The summed E-state index contributed by atoms with van der Waals surface area (Å²) in [6.07, 6.45) is 5.51. The number of Topliss-reactive ketones (excluding diaryl/α,β-unsaturated/α-hetero) is 1. The van der Waals surface area contributed by atoms with Crippen molar-refractivity contribution in [2.24, 2.45) is 7.05 Å². The largest absolute Gasteiger partial charge is 0.350 e. The second kappa shape index (κ2) is 5.25. The third-order valence-corrected chi connectivity index (χ3v) is 3.98. The van der Waals surface area contributed by atoms with E-state index in [9.17, 15) is 4.79 Å². The molecule has 1 aromatic carbocycles. The molecule has 0 saturated carbocycles. The smallest absolute Gasteiger partial charge is 0.143 e. The number of hydrogen-bond donors (Lipinski definition) is 0. The fraction of sp³-hybridized carbons (Fsp3) is 0.353. The van der Waals surface area contributed by atoms with Gasteiger partial charge in [-0.15, -0.1) is 0 Å². The molecule has 0 spiro atoms. The van der Waals surface area contributed by atoms with Gasteiger partial charge in [-0.3, -0.25) is 9.69 Å². The second-order valence-corrected chi connectivity index (χ2v) is 5.59. The van der Waals surface area contributed by atoms with Crippen LogP contribution in [-0.2, 0) is 11.8 Å². The summed E-state index contributed by atoms with van der Waals surface area (Å²) in [5.74, 6) is 0.243. The molecular weight excluding hydrogens is 248 g/mol. The predicted octanol–water partition coefficient (Wildman–Crippen LogP) is 2.86. The lowest BCUT2D eigenvalue weighted by molar-refractivity contribution is -0.118. The Hall–Kier alpha value is -1.87. The van der Waals surface area contributed by atoms with Crippen LogP contribution in [0.2, 0.25) is 0 Å². The van der Waals surface area contributed by atoms with Crippen molar-refractivity contribution in [2.75, 3.05) is 19.6 Å². The average Bonchev–Trinajstić information content (AvgIpc) is 2.77. The van der Waals surface area contributed by atoms with Crippen molar-refractivity contribution in [3.8, 4) is 0 Å². The maximum Gasteiger partial charge on any atom is 0.143 e. The molecule has 104 valence electrons. The predicted molar refractivity (Wildman–Crippen MR) is 82.6 cm³/mol. The highest BCUT2D eigenvalue weighted by Crippen LogP contribution is 2.30. The molecule has 0 N–H and O–H groups in total. The number of para-hydroxylation sites is 1. The molecule has 3 nitrogen and oxygen atoms in total. The molecule has 0 saturated heterocycles. The molecule has 0 atom stereocenters. The first-order valence-electron chi connectivity index (χ1n) is 7.10. The minimum atomic E-state index is 0.243. The Morgan fingerprint density at radius 2 is 2.10 bits per heavy atom. The second-order valence-electron chi connectivity index (χ2n) is 5.59. The van der Waals surface area contributed by atoms with Crippen LogP contribution in [0, 0.1) is 0 Å². The van der Waals surface area contributed by atoms with Gasteiger partial charge in [-0.25, -0.2) is 0 Å². The highest BCUT2D eigenvalue weighted by atomic mass is 16.1. The Labute approximate surface area is 119 Å². The molecule has 3 heteroatoms. The molecule has 0 aliphatic carbocycles. The van der Waals surface area contributed by atoms with Crippen molar-refractivity contribution < 1.29 is 4.79 Å². The van der Waals surface area contributed by atoms with Gasteiger partial charge in [-0.05, 0) is 25.0 Å². The SMILES string of the molecule is CC(=O)CN1CC=C(c2cn(C)c3ccccc23)CC1. The van der Waals surface area contributed by atoms with E-state index in [2.05, 4.69) is 53.1 Å². The van der Waals surface area contributed by atoms with Crippen LogP contribution in [0.5, 0.6) is 0 Å². The first-order chi connectivity index (χ1) is 9.65. The Morgan fingerprint density at radius 1 is 1.30 bits per heavy atom. The minimum absolute atomic E-state index is 0.243. The Bertz CT molecular complexity index is 681. The molecule has 2 heterocycles. The summed E-state index contributed by atoms with van der Waals surface area (Å²) in [5.41, 5.74) is 4.02. The molecular formula is C17H20N2O. The third kappa shape index (κ3) is 2.41. The lowest BCUT2D eigenvalue weighted by Gasteiger charge is -2.25. The number of hydrogen-bond acceptors (Lipinski definition) is 2. The highest BCUT2D eigenvalue weighted by molar-refractivity contribution is 5.93. The molecule has 3 rings (SSSR count). The van der Waals surface area contributed by atoms with Crippen LogP contribution in [0.3, 0.4) is 0 Å². The Kier molecular flexibility index (Phi) is 3.45. The quantitative estimate of drug-likeness (QED) is 0.855. The van der Waals surface area contributed by atoms with Gasteiger partial charge in [-0.1, -0.05) is 24.3 Å². The number of nitrogens with zero attached hydrogens (tertiary/aromatic N) is 2.